The van der Waals surface area contributed by atoms with Crippen LogP contribution >= 0.6 is 11.6 Å². The van der Waals surface area contributed by atoms with Crippen LogP contribution < -0.4 is 0 Å². The van der Waals surface area contributed by atoms with Crippen LogP contribution in [0.2, 0.25) is 0 Å². The van der Waals surface area contributed by atoms with Crippen molar-refractivity contribution in [2.24, 2.45) is 0 Å². The lowest BCUT2D eigenvalue weighted by Crippen LogP contribution is -2.15. The van der Waals surface area contributed by atoms with E-state index in [1.54, 1.807) is 12.3 Å². The van der Waals surface area contributed by atoms with E-state index >= 15 is 0 Å². The molecular formula is C13H16ClFN2OS. The molecule has 19 heavy (non-hydrogen) atoms. The Morgan fingerprint density at radius 1 is 1.53 bits per heavy atom. The summed E-state index contributed by atoms with van der Waals surface area (Å²) in [5.41, 5.74) is 1.09. The Hall–Kier alpha value is -0.940. The molecule has 0 aliphatic rings. The van der Waals surface area contributed by atoms with Crippen LogP contribution in [0.15, 0.2) is 18.2 Å². The van der Waals surface area contributed by atoms with Crippen molar-refractivity contribution < 1.29 is 8.60 Å². The van der Waals surface area contributed by atoms with Gasteiger partial charge in [0.15, 0.2) is 5.82 Å². The van der Waals surface area contributed by atoms with Crippen LogP contribution in [-0.2, 0) is 17.2 Å². The number of aryl methyl sites for hydroxylation is 1. The molecule has 2 unspecified atom stereocenters. The van der Waals surface area contributed by atoms with Gasteiger partial charge in [-0.1, -0.05) is 6.07 Å². The van der Waals surface area contributed by atoms with Gasteiger partial charge in [0.2, 0.25) is 0 Å². The van der Waals surface area contributed by atoms with Gasteiger partial charge in [-0.3, -0.25) is 4.21 Å². The maximum atomic E-state index is 13.8. The average molecular weight is 303 g/mol. The molecule has 1 heterocycles. The fraction of sp³-hybridized carbons (Fsp3) is 0.462. The highest BCUT2D eigenvalue weighted by Gasteiger charge is 2.18. The standard InChI is InChI=1S/C13H16ClFN2OS/c1-9(8-19(2)18)17-11-5-3-4-10(15)13(11)16-12(17)6-7-14/h3-5,9H,6-8H2,1-2H3. The number of halogens is 2. The Kier molecular flexibility index (Phi) is 4.58. The fourth-order valence-corrected chi connectivity index (χ4v) is 3.30. The molecule has 104 valence electrons. The first-order chi connectivity index (χ1) is 9.04. The maximum absolute atomic E-state index is 13.8. The van der Waals surface area contributed by atoms with Gasteiger partial charge >= 0.3 is 0 Å². The molecule has 0 amide bonds. The second-order valence-corrected chi connectivity index (χ2v) is 6.39. The predicted molar refractivity (Wildman–Crippen MR) is 77.8 cm³/mol. The molecule has 3 nitrogen and oxygen atoms in total. The molecule has 1 aromatic heterocycles. The van der Waals surface area contributed by atoms with Gasteiger partial charge in [-0.15, -0.1) is 11.6 Å². The number of fused-ring (bicyclic) bond motifs is 1. The van der Waals surface area contributed by atoms with Gasteiger partial charge in [0.25, 0.3) is 0 Å². The molecule has 6 heteroatoms. The summed E-state index contributed by atoms with van der Waals surface area (Å²) in [4.78, 5) is 4.33. The lowest BCUT2D eigenvalue weighted by atomic mass is 10.3. The van der Waals surface area contributed by atoms with Crippen molar-refractivity contribution in [2.75, 3.05) is 17.9 Å². The van der Waals surface area contributed by atoms with Crippen molar-refractivity contribution in [2.45, 2.75) is 19.4 Å². The minimum absolute atomic E-state index is 0.00384. The van der Waals surface area contributed by atoms with E-state index in [0.717, 1.165) is 11.3 Å². The third-order valence-corrected chi connectivity index (χ3v) is 4.12. The first-order valence-corrected chi connectivity index (χ1v) is 8.32. The Morgan fingerprint density at radius 2 is 2.26 bits per heavy atom. The van der Waals surface area contributed by atoms with E-state index in [0.29, 0.717) is 23.6 Å². The van der Waals surface area contributed by atoms with Crippen LogP contribution in [0.25, 0.3) is 11.0 Å². The summed E-state index contributed by atoms with van der Waals surface area (Å²) < 4.78 is 27.1. The molecule has 0 spiro atoms. The largest absolute Gasteiger partial charge is 0.324 e. The highest BCUT2D eigenvalue weighted by molar-refractivity contribution is 7.84. The van der Waals surface area contributed by atoms with Crippen molar-refractivity contribution in [3.8, 4) is 0 Å². The minimum atomic E-state index is -0.916. The Labute approximate surface area is 119 Å². The Balaban J connectivity index is 2.58. The molecule has 1 aromatic carbocycles. The number of hydrogen-bond donors (Lipinski definition) is 0. The molecule has 2 rings (SSSR count). The zero-order valence-corrected chi connectivity index (χ0v) is 12.5. The summed E-state index contributed by atoms with van der Waals surface area (Å²) in [5, 5.41) is 0. The second kappa shape index (κ2) is 6.01. The molecule has 0 bridgehead atoms. The summed E-state index contributed by atoms with van der Waals surface area (Å²) in [6.45, 7) is 1.96. The van der Waals surface area contributed by atoms with Crippen LogP contribution in [0.3, 0.4) is 0 Å². The SMILES string of the molecule is CC(CS(C)=O)n1c(CCCl)nc2c(F)cccc21. The lowest BCUT2D eigenvalue weighted by Gasteiger charge is -2.16. The fourth-order valence-electron chi connectivity index (χ4n) is 2.30. The van der Waals surface area contributed by atoms with Crippen LogP contribution in [-0.4, -0.2) is 31.6 Å². The van der Waals surface area contributed by atoms with Crippen molar-refractivity contribution in [3.05, 3.63) is 29.8 Å². The molecular weight excluding hydrogens is 287 g/mol. The Morgan fingerprint density at radius 3 is 2.89 bits per heavy atom. The summed E-state index contributed by atoms with van der Waals surface area (Å²) in [6, 6.07) is 4.89. The number of benzene rings is 1. The number of alkyl halides is 1. The van der Waals surface area contributed by atoms with Crippen LogP contribution in [0.4, 0.5) is 4.39 Å². The lowest BCUT2D eigenvalue weighted by molar-refractivity contribution is 0.587. The molecule has 0 aliphatic carbocycles. The van der Waals surface area contributed by atoms with E-state index in [2.05, 4.69) is 4.98 Å². The van der Waals surface area contributed by atoms with E-state index in [1.807, 2.05) is 17.6 Å². The normalized spacial score (nSPS) is 14.7. The number of rotatable bonds is 5. The summed E-state index contributed by atoms with van der Waals surface area (Å²) >= 11 is 5.78. The van der Waals surface area contributed by atoms with Crippen molar-refractivity contribution in [1.29, 1.82) is 0 Å². The van der Waals surface area contributed by atoms with Crippen molar-refractivity contribution in [3.63, 3.8) is 0 Å². The smallest absolute Gasteiger partial charge is 0.151 e. The monoisotopic (exact) mass is 302 g/mol. The van der Waals surface area contributed by atoms with Crippen LogP contribution in [0, 0.1) is 5.82 Å². The summed E-state index contributed by atoms with van der Waals surface area (Å²) in [5.74, 6) is 1.34. The Bertz CT molecular complexity index is 614. The van der Waals surface area contributed by atoms with E-state index in [1.165, 1.54) is 6.07 Å². The highest BCUT2D eigenvalue weighted by Crippen LogP contribution is 2.24. The van der Waals surface area contributed by atoms with Crippen molar-refractivity contribution in [1.82, 2.24) is 9.55 Å². The first kappa shape index (κ1) is 14.5. The number of hydrogen-bond acceptors (Lipinski definition) is 2. The number of nitrogens with zero attached hydrogens (tertiary/aromatic N) is 2. The molecule has 0 aliphatic heterocycles. The third kappa shape index (κ3) is 2.98. The molecule has 0 radical (unpaired) electrons. The molecule has 0 saturated carbocycles. The molecule has 2 aromatic rings. The summed E-state index contributed by atoms with van der Waals surface area (Å²) in [7, 11) is -0.916. The van der Waals surface area contributed by atoms with Crippen LogP contribution in [0.1, 0.15) is 18.8 Å². The minimum Gasteiger partial charge on any atom is -0.324 e. The van der Waals surface area contributed by atoms with Gasteiger partial charge < -0.3 is 4.57 Å². The predicted octanol–water partition coefficient (Wildman–Crippen LogP) is 2.90. The highest BCUT2D eigenvalue weighted by atomic mass is 35.5. The molecule has 0 fully saturated rings. The molecule has 0 saturated heterocycles. The second-order valence-electron chi connectivity index (χ2n) is 4.53. The van der Waals surface area contributed by atoms with Gasteiger partial charge in [0, 0.05) is 41.2 Å². The van der Waals surface area contributed by atoms with E-state index in [4.69, 9.17) is 11.6 Å². The van der Waals surface area contributed by atoms with Gasteiger partial charge in [-0.05, 0) is 19.1 Å². The average Bonchev–Trinajstić information content (AvgIpc) is 2.68. The summed E-state index contributed by atoms with van der Waals surface area (Å²) in [6.07, 6.45) is 2.23. The van der Waals surface area contributed by atoms with Gasteiger partial charge in [0.05, 0.1) is 5.52 Å². The van der Waals surface area contributed by atoms with E-state index in [-0.39, 0.29) is 11.9 Å². The van der Waals surface area contributed by atoms with E-state index < -0.39 is 10.8 Å². The van der Waals surface area contributed by atoms with Crippen molar-refractivity contribution >= 4 is 33.4 Å². The quantitative estimate of drug-likeness (QED) is 0.796. The molecule has 0 N–H and O–H groups in total. The third-order valence-electron chi connectivity index (χ3n) is 2.98. The number of imidazole rings is 1. The topological polar surface area (TPSA) is 34.9 Å². The zero-order chi connectivity index (χ0) is 14.0. The van der Waals surface area contributed by atoms with Gasteiger partial charge in [-0.2, -0.15) is 0 Å². The zero-order valence-electron chi connectivity index (χ0n) is 10.9. The first-order valence-electron chi connectivity index (χ1n) is 6.06. The molecule has 2 atom stereocenters. The van der Waals surface area contributed by atoms with Gasteiger partial charge in [-0.25, -0.2) is 9.37 Å². The van der Waals surface area contributed by atoms with E-state index in [9.17, 15) is 8.60 Å². The van der Waals surface area contributed by atoms with Crippen LogP contribution in [0.5, 0.6) is 0 Å². The number of para-hydroxylation sites is 1. The maximum Gasteiger partial charge on any atom is 0.151 e. The van der Waals surface area contributed by atoms with Gasteiger partial charge in [0.1, 0.15) is 11.3 Å². The number of aromatic nitrogens is 2.